The van der Waals surface area contributed by atoms with Gasteiger partial charge in [-0.3, -0.25) is 9.59 Å². The van der Waals surface area contributed by atoms with Gasteiger partial charge in [-0.1, -0.05) is 76.3 Å². The number of nitrogens with zero attached hydrogens (tertiary/aromatic N) is 1. The maximum absolute atomic E-state index is 13.8. The number of hydrogen-bond acceptors (Lipinski definition) is 7. The van der Waals surface area contributed by atoms with Crippen LogP contribution in [0.4, 0.5) is 4.79 Å². The van der Waals surface area contributed by atoms with Crippen molar-refractivity contribution in [3.63, 3.8) is 0 Å². The molecule has 0 saturated heterocycles. The highest BCUT2D eigenvalue weighted by atomic mass is 16.5. The number of carbonyl (C=O) groups is 3. The maximum Gasteiger partial charge on any atom is 0.407 e. The predicted molar refractivity (Wildman–Crippen MR) is 163 cm³/mol. The Morgan fingerprint density at radius 1 is 0.977 bits per heavy atom. The van der Waals surface area contributed by atoms with Crippen LogP contribution < -0.4 is 16.0 Å². The van der Waals surface area contributed by atoms with Crippen LogP contribution in [0, 0.1) is 11.8 Å². The summed E-state index contributed by atoms with van der Waals surface area (Å²) in [5.41, 5.74) is 1.45. The number of aromatic amines is 1. The number of rotatable bonds is 16. The highest BCUT2D eigenvalue weighted by molar-refractivity contribution is 5.91. The van der Waals surface area contributed by atoms with Crippen molar-refractivity contribution in [3.05, 3.63) is 54.1 Å². The molecule has 1 fully saturated rings. The molecule has 1 aliphatic carbocycles. The van der Waals surface area contributed by atoms with Crippen molar-refractivity contribution in [1.82, 2.24) is 25.9 Å². The Hall–Kier alpha value is -3.44. The number of carbonyl (C=O) groups excluding carboxylic acids is 3. The minimum Gasteiger partial charge on any atom is -0.450 e. The lowest BCUT2D eigenvalue weighted by atomic mass is 9.82. The van der Waals surface area contributed by atoms with Crippen molar-refractivity contribution in [2.45, 2.75) is 109 Å². The average molecular weight is 600 g/mol. The molecule has 238 valence electrons. The molecule has 0 spiro atoms. The molecule has 1 aromatic heterocycles. The normalized spacial score (nSPS) is 17.3. The van der Waals surface area contributed by atoms with Crippen LogP contribution in [-0.4, -0.2) is 75.0 Å². The zero-order valence-electron chi connectivity index (χ0n) is 25.6. The van der Waals surface area contributed by atoms with Crippen molar-refractivity contribution < 1.29 is 29.3 Å². The van der Waals surface area contributed by atoms with Gasteiger partial charge < -0.3 is 35.9 Å². The van der Waals surface area contributed by atoms with Crippen LogP contribution in [0.3, 0.4) is 0 Å². The number of benzene rings is 1. The number of nitrogens with one attached hydrogen (secondary N) is 4. The van der Waals surface area contributed by atoms with E-state index in [4.69, 9.17) is 4.74 Å². The van der Waals surface area contributed by atoms with Crippen LogP contribution in [-0.2, 0) is 27.2 Å². The molecular weight excluding hydrogens is 550 g/mol. The van der Waals surface area contributed by atoms with Gasteiger partial charge in [-0.25, -0.2) is 9.78 Å². The number of imidazole rings is 1. The lowest BCUT2D eigenvalue weighted by Gasteiger charge is -2.34. The van der Waals surface area contributed by atoms with Crippen molar-refractivity contribution >= 4 is 17.9 Å². The SMILES string of the molecule is CCOC(=O)N[C@@H](Cc1ccccc1)C(=O)N[C@@H](Cc1cnc[nH]1)C(=O)N[C@@H](CC1CCCCC1)[C@@H](O)[C@@H](O)CC(C)C. The van der Waals surface area contributed by atoms with Crippen molar-refractivity contribution in [1.29, 1.82) is 0 Å². The number of amides is 3. The van der Waals surface area contributed by atoms with E-state index >= 15 is 0 Å². The Kier molecular flexibility index (Phi) is 14.0. The summed E-state index contributed by atoms with van der Waals surface area (Å²) in [6.45, 7) is 5.75. The summed E-state index contributed by atoms with van der Waals surface area (Å²) in [5.74, 6) is -0.559. The second-order valence-corrected chi connectivity index (χ2v) is 12.0. The van der Waals surface area contributed by atoms with Crippen LogP contribution in [0.5, 0.6) is 0 Å². The van der Waals surface area contributed by atoms with Gasteiger partial charge in [0.25, 0.3) is 0 Å². The topological polar surface area (TPSA) is 166 Å². The predicted octanol–water partition coefficient (Wildman–Crippen LogP) is 3.02. The van der Waals surface area contributed by atoms with Gasteiger partial charge in [0, 0.05) is 24.7 Å². The number of aliphatic hydroxyl groups is 2. The fraction of sp³-hybridized carbons (Fsp3) is 0.625. The van der Waals surface area contributed by atoms with E-state index in [0.717, 1.165) is 31.2 Å². The number of alkyl carbamates (subject to hydrolysis) is 1. The van der Waals surface area contributed by atoms with Gasteiger partial charge in [0.2, 0.25) is 11.8 Å². The molecule has 6 N–H and O–H groups in total. The molecule has 0 unspecified atom stereocenters. The van der Waals surface area contributed by atoms with Gasteiger partial charge in [0.1, 0.15) is 18.2 Å². The molecule has 0 radical (unpaired) electrons. The molecule has 1 saturated carbocycles. The molecule has 1 heterocycles. The Morgan fingerprint density at radius 3 is 2.28 bits per heavy atom. The first-order chi connectivity index (χ1) is 20.7. The zero-order chi connectivity index (χ0) is 31.2. The summed E-state index contributed by atoms with van der Waals surface area (Å²) >= 11 is 0. The van der Waals surface area contributed by atoms with Gasteiger partial charge in [-0.2, -0.15) is 0 Å². The summed E-state index contributed by atoms with van der Waals surface area (Å²) in [6, 6.07) is 6.50. The third kappa shape index (κ3) is 11.6. The van der Waals surface area contributed by atoms with Gasteiger partial charge in [-0.05, 0) is 37.2 Å². The molecule has 0 aliphatic heterocycles. The fourth-order valence-corrected chi connectivity index (χ4v) is 5.71. The van der Waals surface area contributed by atoms with E-state index in [-0.39, 0.29) is 25.4 Å². The smallest absolute Gasteiger partial charge is 0.407 e. The second kappa shape index (κ2) is 17.6. The molecule has 11 heteroatoms. The fourth-order valence-electron chi connectivity index (χ4n) is 5.71. The van der Waals surface area contributed by atoms with E-state index in [1.807, 2.05) is 44.2 Å². The van der Waals surface area contributed by atoms with Gasteiger partial charge in [0.15, 0.2) is 0 Å². The van der Waals surface area contributed by atoms with Crippen LogP contribution in [0.1, 0.15) is 77.0 Å². The van der Waals surface area contributed by atoms with E-state index in [2.05, 4.69) is 25.9 Å². The van der Waals surface area contributed by atoms with E-state index in [1.54, 1.807) is 13.1 Å². The van der Waals surface area contributed by atoms with E-state index in [9.17, 15) is 24.6 Å². The Labute approximate surface area is 254 Å². The highest BCUT2D eigenvalue weighted by Crippen LogP contribution is 2.29. The monoisotopic (exact) mass is 599 g/mol. The van der Waals surface area contributed by atoms with Crippen LogP contribution in [0.2, 0.25) is 0 Å². The third-order valence-corrected chi connectivity index (χ3v) is 7.94. The first kappa shape index (κ1) is 34.1. The lowest BCUT2D eigenvalue weighted by molar-refractivity contribution is -0.131. The average Bonchev–Trinajstić information content (AvgIpc) is 3.50. The van der Waals surface area contributed by atoms with Gasteiger partial charge in [-0.15, -0.1) is 0 Å². The summed E-state index contributed by atoms with van der Waals surface area (Å²) in [6.07, 6.45) is 6.79. The minimum atomic E-state index is -1.16. The number of aromatic nitrogens is 2. The molecular formula is C32H49N5O6. The van der Waals surface area contributed by atoms with Gasteiger partial charge >= 0.3 is 6.09 Å². The lowest BCUT2D eigenvalue weighted by Crippen LogP contribution is -2.58. The quantitative estimate of drug-likeness (QED) is 0.173. The number of aliphatic hydroxyl groups excluding tert-OH is 2. The molecule has 1 aromatic carbocycles. The summed E-state index contributed by atoms with van der Waals surface area (Å²) in [4.78, 5) is 46.8. The largest absolute Gasteiger partial charge is 0.450 e. The van der Waals surface area contributed by atoms with E-state index in [1.165, 1.54) is 12.7 Å². The molecule has 1 aliphatic rings. The summed E-state index contributed by atoms with van der Waals surface area (Å²) in [5, 5.41) is 30.4. The van der Waals surface area contributed by atoms with Crippen LogP contribution in [0.15, 0.2) is 42.9 Å². The molecule has 3 rings (SSSR count). The Balaban J connectivity index is 1.81. The molecule has 11 nitrogen and oxygen atoms in total. The molecule has 43 heavy (non-hydrogen) atoms. The van der Waals surface area contributed by atoms with E-state index < -0.39 is 48.2 Å². The van der Waals surface area contributed by atoms with Crippen LogP contribution >= 0.6 is 0 Å². The molecule has 0 bridgehead atoms. The molecule has 2 aromatic rings. The second-order valence-electron chi connectivity index (χ2n) is 12.0. The highest BCUT2D eigenvalue weighted by Gasteiger charge is 2.34. The number of ether oxygens (including phenoxy) is 1. The first-order valence-corrected chi connectivity index (χ1v) is 15.6. The first-order valence-electron chi connectivity index (χ1n) is 15.6. The standard InChI is InChI=1S/C32H49N5O6/c1-4-43-32(42)37-26(17-23-13-9-6-10-14-23)30(40)36-27(18-24-19-33-20-34-24)31(41)35-25(16-22-11-7-5-8-12-22)29(39)28(38)15-21(2)3/h6,9-10,13-14,19-22,25-29,38-39H,4-5,7-8,11-12,15-18H2,1-3H3,(H,33,34)(H,35,41)(H,36,40)(H,37,42)/t25-,26-,27-,28-,29+/m0/s1. The summed E-state index contributed by atoms with van der Waals surface area (Å²) in [7, 11) is 0. The number of H-pyrrole nitrogens is 1. The number of hydrogen-bond donors (Lipinski definition) is 6. The third-order valence-electron chi connectivity index (χ3n) is 7.94. The Morgan fingerprint density at radius 2 is 1.65 bits per heavy atom. The van der Waals surface area contributed by atoms with Crippen molar-refractivity contribution in [3.8, 4) is 0 Å². The summed E-state index contributed by atoms with van der Waals surface area (Å²) < 4.78 is 5.02. The zero-order valence-corrected chi connectivity index (χ0v) is 25.6. The molecule has 3 amide bonds. The van der Waals surface area contributed by atoms with Crippen LogP contribution in [0.25, 0.3) is 0 Å². The van der Waals surface area contributed by atoms with E-state index in [0.29, 0.717) is 24.5 Å². The maximum atomic E-state index is 13.8. The van der Waals surface area contributed by atoms with Crippen molar-refractivity contribution in [2.24, 2.45) is 11.8 Å². The molecule has 5 atom stereocenters. The van der Waals surface area contributed by atoms with Gasteiger partial charge in [0.05, 0.1) is 25.1 Å². The Bertz CT molecular complexity index is 1110. The minimum absolute atomic E-state index is 0.107. The van der Waals surface area contributed by atoms with Crippen molar-refractivity contribution in [2.75, 3.05) is 6.61 Å².